The summed E-state index contributed by atoms with van der Waals surface area (Å²) >= 11 is 0. The van der Waals surface area contributed by atoms with Crippen molar-refractivity contribution in [2.45, 2.75) is 38.4 Å². The Balaban J connectivity index is 1.82. The standard InChI is InChI=1S/C11H18N4O/c1-12-11(16)4-6-15-7-5-13-10(15)8-14-9-2-3-9/h5,7,9,14H,2-4,6,8H2,1H3,(H,12,16). The van der Waals surface area contributed by atoms with Crippen LogP contribution in [0, 0.1) is 0 Å². The van der Waals surface area contributed by atoms with Gasteiger partial charge in [-0.05, 0) is 12.8 Å². The van der Waals surface area contributed by atoms with E-state index in [1.807, 2.05) is 10.8 Å². The summed E-state index contributed by atoms with van der Waals surface area (Å²) in [4.78, 5) is 15.4. The second kappa shape index (κ2) is 5.12. The first-order valence-corrected chi connectivity index (χ1v) is 5.73. The van der Waals surface area contributed by atoms with Crippen molar-refractivity contribution in [3.8, 4) is 0 Å². The number of carbonyl (C=O) groups excluding carboxylic acids is 1. The predicted molar refractivity (Wildman–Crippen MR) is 60.8 cm³/mol. The van der Waals surface area contributed by atoms with E-state index in [-0.39, 0.29) is 5.91 Å². The summed E-state index contributed by atoms with van der Waals surface area (Å²) in [6, 6.07) is 0.684. The summed E-state index contributed by atoms with van der Waals surface area (Å²) in [6.45, 7) is 1.49. The molecule has 5 nitrogen and oxygen atoms in total. The van der Waals surface area contributed by atoms with Gasteiger partial charge in [0.1, 0.15) is 5.82 Å². The van der Waals surface area contributed by atoms with Crippen molar-refractivity contribution in [2.24, 2.45) is 0 Å². The summed E-state index contributed by atoms with van der Waals surface area (Å²) in [6.07, 6.45) is 6.77. The number of aryl methyl sites for hydroxylation is 1. The Hall–Kier alpha value is -1.36. The lowest BCUT2D eigenvalue weighted by Crippen LogP contribution is -2.22. The SMILES string of the molecule is CNC(=O)CCn1ccnc1CNC1CC1. The lowest BCUT2D eigenvalue weighted by molar-refractivity contribution is -0.120. The van der Waals surface area contributed by atoms with Crippen molar-refractivity contribution < 1.29 is 4.79 Å². The summed E-state index contributed by atoms with van der Waals surface area (Å²) in [5.74, 6) is 1.07. The van der Waals surface area contributed by atoms with Gasteiger partial charge in [0.25, 0.3) is 0 Å². The highest BCUT2D eigenvalue weighted by Gasteiger charge is 2.20. The van der Waals surface area contributed by atoms with E-state index < -0.39 is 0 Å². The zero-order chi connectivity index (χ0) is 11.4. The van der Waals surface area contributed by atoms with Gasteiger partial charge in [0, 0.05) is 38.4 Å². The third-order valence-corrected chi connectivity index (χ3v) is 2.79. The van der Waals surface area contributed by atoms with Gasteiger partial charge in [-0.2, -0.15) is 0 Å². The molecule has 88 valence electrons. The van der Waals surface area contributed by atoms with Crippen molar-refractivity contribution in [1.82, 2.24) is 20.2 Å². The zero-order valence-electron chi connectivity index (χ0n) is 9.57. The minimum atomic E-state index is 0.0646. The summed E-state index contributed by atoms with van der Waals surface area (Å²) in [5, 5.41) is 6.04. The van der Waals surface area contributed by atoms with E-state index in [4.69, 9.17) is 0 Å². The smallest absolute Gasteiger partial charge is 0.221 e. The second-order valence-electron chi connectivity index (χ2n) is 4.12. The van der Waals surface area contributed by atoms with E-state index in [1.165, 1.54) is 12.8 Å². The first-order chi connectivity index (χ1) is 7.79. The van der Waals surface area contributed by atoms with E-state index in [9.17, 15) is 4.79 Å². The zero-order valence-corrected chi connectivity index (χ0v) is 9.57. The Labute approximate surface area is 95.2 Å². The van der Waals surface area contributed by atoms with Gasteiger partial charge < -0.3 is 15.2 Å². The lowest BCUT2D eigenvalue weighted by atomic mass is 10.4. The van der Waals surface area contributed by atoms with Crippen LogP contribution < -0.4 is 10.6 Å². The average Bonchev–Trinajstić information content (AvgIpc) is 3.02. The normalized spacial score (nSPS) is 15.1. The number of aromatic nitrogens is 2. The maximum Gasteiger partial charge on any atom is 0.221 e. The quantitative estimate of drug-likeness (QED) is 0.726. The molecule has 0 aromatic carbocycles. The fraction of sp³-hybridized carbons (Fsp3) is 0.636. The van der Waals surface area contributed by atoms with Crippen LogP contribution in [-0.2, 0) is 17.9 Å². The summed E-state index contributed by atoms with van der Waals surface area (Å²) in [5.41, 5.74) is 0. The van der Waals surface area contributed by atoms with Crippen LogP contribution in [-0.4, -0.2) is 28.5 Å². The van der Waals surface area contributed by atoms with Gasteiger partial charge in [0.2, 0.25) is 5.91 Å². The topological polar surface area (TPSA) is 59.0 Å². The molecule has 2 rings (SSSR count). The van der Waals surface area contributed by atoms with Crippen molar-refractivity contribution in [1.29, 1.82) is 0 Å². The van der Waals surface area contributed by atoms with Crippen LogP contribution in [0.5, 0.6) is 0 Å². The fourth-order valence-corrected chi connectivity index (χ4v) is 1.58. The number of nitrogens with one attached hydrogen (secondary N) is 2. The highest BCUT2D eigenvalue weighted by molar-refractivity contribution is 5.75. The van der Waals surface area contributed by atoms with Crippen LogP contribution in [0.2, 0.25) is 0 Å². The molecule has 0 aliphatic heterocycles. The van der Waals surface area contributed by atoms with Crippen LogP contribution in [0.25, 0.3) is 0 Å². The van der Waals surface area contributed by atoms with Gasteiger partial charge >= 0.3 is 0 Å². The maximum absolute atomic E-state index is 11.1. The Morgan fingerprint density at radius 3 is 3.12 bits per heavy atom. The minimum absolute atomic E-state index is 0.0646. The van der Waals surface area contributed by atoms with Gasteiger partial charge in [-0.15, -0.1) is 0 Å². The van der Waals surface area contributed by atoms with Gasteiger partial charge in [0.15, 0.2) is 0 Å². The number of rotatable bonds is 6. The second-order valence-corrected chi connectivity index (χ2v) is 4.12. The average molecular weight is 222 g/mol. The number of hydrogen-bond donors (Lipinski definition) is 2. The molecule has 2 N–H and O–H groups in total. The highest BCUT2D eigenvalue weighted by Crippen LogP contribution is 2.19. The monoisotopic (exact) mass is 222 g/mol. The third-order valence-electron chi connectivity index (χ3n) is 2.79. The molecule has 1 heterocycles. The van der Waals surface area contributed by atoms with Crippen molar-refractivity contribution >= 4 is 5.91 Å². The minimum Gasteiger partial charge on any atom is -0.359 e. The van der Waals surface area contributed by atoms with Gasteiger partial charge in [-0.3, -0.25) is 4.79 Å². The molecule has 1 saturated carbocycles. The Morgan fingerprint density at radius 1 is 1.62 bits per heavy atom. The summed E-state index contributed by atoms with van der Waals surface area (Å²) in [7, 11) is 1.66. The molecule has 0 radical (unpaired) electrons. The molecule has 5 heteroatoms. The van der Waals surface area contributed by atoms with Crippen LogP contribution in [0.15, 0.2) is 12.4 Å². The highest BCUT2D eigenvalue weighted by atomic mass is 16.1. The molecule has 1 aromatic heterocycles. The number of amides is 1. The molecule has 0 atom stereocenters. The van der Waals surface area contributed by atoms with Crippen LogP contribution in [0.4, 0.5) is 0 Å². The van der Waals surface area contributed by atoms with Gasteiger partial charge in [0.05, 0.1) is 6.54 Å². The molecule has 0 unspecified atom stereocenters. The summed E-state index contributed by atoms with van der Waals surface area (Å²) < 4.78 is 2.03. The molecule has 16 heavy (non-hydrogen) atoms. The lowest BCUT2D eigenvalue weighted by Gasteiger charge is -2.07. The van der Waals surface area contributed by atoms with E-state index in [2.05, 4.69) is 15.6 Å². The van der Waals surface area contributed by atoms with Crippen LogP contribution >= 0.6 is 0 Å². The van der Waals surface area contributed by atoms with Crippen molar-refractivity contribution in [2.75, 3.05) is 7.05 Å². The number of nitrogens with zero attached hydrogens (tertiary/aromatic N) is 2. The maximum atomic E-state index is 11.1. The number of carbonyl (C=O) groups is 1. The third kappa shape index (κ3) is 3.06. The molecule has 1 aromatic rings. The predicted octanol–water partition coefficient (Wildman–Crippen LogP) is 0.271. The van der Waals surface area contributed by atoms with E-state index in [0.717, 1.165) is 12.4 Å². The van der Waals surface area contributed by atoms with Crippen molar-refractivity contribution in [3.05, 3.63) is 18.2 Å². The molecule has 0 saturated heterocycles. The number of hydrogen-bond acceptors (Lipinski definition) is 3. The van der Waals surface area contributed by atoms with Crippen molar-refractivity contribution in [3.63, 3.8) is 0 Å². The van der Waals surface area contributed by atoms with Gasteiger partial charge in [-0.1, -0.05) is 0 Å². The molecular weight excluding hydrogens is 204 g/mol. The van der Waals surface area contributed by atoms with E-state index >= 15 is 0 Å². The number of imidazole rings is 1. The molecule has 1 aliphatic carbocycles. The molecule has 0 spiro atoms. The fourth-order valence-electron chi connectivity index (χ4n) is 1.58. The Bertz CT molecular complexity index is 357. The van der Waals surface area contributed by atoms with E-state index in [1.54, 1.807) is 13.2 Å². The molecule has 1 amide bonds. The first kappa shape index (κ1) is 11.1. The van der Waals surface area contributed by atoms with Crippen LogP contribution in [0.1, 0.15) is 25.1 Å². The molecule has 0 bridgehead atoms. The first-order valence-electron chi connectivity index (χ1n) is 5.73. The Kier molecular flexibility index (Phi) is 3.56. The molecule has 1 aliphatic rings. The van der Waals surface area contributed by atoms with Crippen LogP contribution in [0.3, 0.4) is 0 Å². The van der Waals surface area contributed by atoms with Gasteiger partial charge in [-0.25, -0.2) is 4.98 Å². The van der Waals surface area contributed by atoms with E-state index in [0.29, 0.717) is 19.0 Å². The Morgan fingerprint density at radius 2 is 2.44 bits per heavy atom. The molecule has 1 fully saturated rings. The largest absolute Gasteiger partial charge is 0.359 e. The molecular formula is C11H18N4O.